The van der Waals surface area contributed by atoms with Gasteiger partial charge in [0.05, 0.1) is 13.2 Å². The normalized spacial score (nSPS) is 10.4. The van der Waals surface area contributed by atoms with Crippen LogP contribution in [0.4, 0.5) is 19.3 Å². The van der Waals surface area contributed by atoms with Crippen LogP contribution in [0.3, 0.4) is 0 Å². The summed E-state index contributed by atoms with van der Waals surface area (Å²) >= 11 is 0. The van der Waals surface area contributed by atoms with Crippen LogP contribution in [0.25, 0.3) is 0 Å². The SMILES string of the molecule is CC(=O)c1ccc(NC(=O)N(CCO)CC(F)F)cc1. The first kappa shape index (κ1) is 16.0. The second kappa shape index (κ2) is 7.54. The largest absolute Gasteiger partial charge is 0.395 e. The van der Waals surface area contributed by atoms with Gasteiger partial charge in [0, 0.05) is 17.8 Å². The number of nitrogens with one attached hydrogen (secondary N) is 1. The van der Waals surface area contributed by atoms with Gasteiger partial charge in [-0.05, 0) is 31.2 Å². The summed E-state index contributed by atoms with van der Waals surface area (Å²) in [5.41, 5.74) is 0.875. The maximum atomic E-state index is 12.3. The van der Waals surface area contributed by atoms with Crippen LogP contribution in [0.15, 0.2) is 24.3 Å². The van der Waals surface area contributed by atoms with E-state index in [0.717, 1.165) is 4.90 Å². The Morgan fingerprint density at radius 1 is 1.30 bits per heavy atom. The van der Waals surface area contributed by atoms with Gasteiger partial charge in [-0.25, -0.2) is 13.6 Å². The van der Waals surface area contributed by atoms with Crippen molar-refractivity contribution < 1.29 is 23.5 Å². The van der Waals surface area contributed by atoms with E-state index in [4.69, 9.17) is 5.11 Å². The van der Waals surface area contributed by atoms with E-state index in [9.17, 15) is 18.4 Å². The summed E-state index contributed by atoms with van der Waals surface area (Å²) in [6.45, 7) is 0.0856. The Balaban J connectivity index is 2.69. The van der Waals surface area contributed by atoms with Gasteiger partial charge >= 0.3 is 6.03 Å². The summed E-state index contributed by atoms with van der Waals surface area (Å²) < 4.78 is 24.6. The molecule has 2 N–H and O–H groups in total. The van der Waals surface area contributed by atoms with Crippen LogP contribution in [0.1, 0.15) is 17.3 Å². The smallest absolute Gasteiger partial charge is 0.322 e. The van der Waals surface area contributed by atoms with Gasteiger partial charge in [-0.3, -0.25) is 4.79 Å². The van der Waals surface area contributed by atoms with Gasteiger partial charge in [-0.1, -0.05) is 0 Å². The quantitative estimate of drug-likeness (QED) is 0.786. The minimum absolute atomic E-state index is 0.109. The number of alkyl halides is 2. The molecule has 20 heavy (non-hydrogen) atoms. The van der Waals surface area contributed by atoms with Crippen molar-refractivity contribution in [2.24, 2.45) is 0 Å². The third-order valence-electron chi connectivity index (χ3n) is 2.56. The van der Waals surface area contributed by atoms with Crippen LogP contribution in [-0.4, -0.2) is 47.9 Å². The average Bonchev–Trinajstić information content (AvgIpc) is 2.38. The van der Waals surface area contributed by atoms with Crippen molar-refractivity contribution in [3.63, 3.8) is 0 Å². The van der Waals surface area contributed by atoms with E-state index < -0.39 is 25.6 Å². The third kappa shape index (κ3) is 4.93. The van der Waals surface area contributed by atoms with E-state index in [-0.39, 0.29) is 12.3 Å². The number of halogens is 2. The van der Waals surface area contributed by atoms with Crippen molar-refractivity contribution in [3.05, 3.63) is 29.8 Å². The van der Waals surface area contributed by atoms with E-state index in [1.54, 1.807) is 0 Å². The molecule has 1 aromatic rings. The fourth-order valence-electron chi connectivity index (χ4n) is 1.55. The fraction of sp³-hybridized carbons (Fsp3) is 0.385. The summed E-state index contributed by atoms with van der Waals surface area (Å²) in [6, 6.07) is 5.35. The number of carbonyl (C=O) groups is 2. The number of anilines is 1. The van der Waals surface area contributed by atoms with E-state index in [1.807, 2.05) is 0 Å². The zero-order valence-electron chi connectivity index (χ0n) is 11.0. The molecule has 0 unspecified atom stereocenters. The van der Waals surface area contributed by atoms with Gasteiger partial charge in [-0.15, -0.1) is 0 Å². The predicted molar refractivity (Wildman–Crippen MR) is 70.1 cm³/mol. The lowest BCUT2D eigenvalue weighted by molar-refractivity contribution is 0.0942. The molecule has 0 fully saturated rings. The summed E-state index contributed by atoms with van der Waals surface area (Å²) in [7, 11) is 0. The molecule has 0 atom stereocenters. The van der Waals surface area contributed by atoms with Crippen molar-refractivity contribution in [1.82, 2.24) is 4.90 Å². The maximum Gasteiger partial charge on any atom is 0.322 e. The van der Waals surface area contributed by atoms with Gasteiger partial charge in [-0.2, -0.15) is 0 Å². The number of aliphatic hydroxyl groups is 1. The first-order chi connectivity index (χ1) is 9.43. The Morgan fingerprint density at radius 2 is 1.90 bits per heavy atom. The van der Waals surface area contributed by atoms with Gasteiger partial charge in [0.25, 0.3) is 6.43 Å². The molecule has 2 amide bonds. The van der Waals surface area contributed by atoms with Crippen LogP contribution in [0.5, 0.6) is 0 Å². The van der Waals surface area contributed by atoms with Crippen molar-refractivity contribution in [3.8, 4) is 0 Å². The topological polar surface area (TPSA) is 69.6 Å². The molecular formula is C13H16F2N2O3. The van der Waals surface area contributed by atoms with Crippen LogP contribution in [0.2, 0.25) is 0 Å². The average molecular weight is 286 g/mol. The predicted octanol–water partition coefficient (Wildman–Crippen LogP) is 1.98. The van der Waals surface area contributed by atoms with Crippen LogP contribution >= 0.6 is 0 Å². The van der Waals surface area contributed by atoms with Crippen LogP contribution < -0.4 is 5.32 Å². The van der Waals surface area contributed by atoms with Gasteiger partial charge in [0.2, 0.25) is 0 Å². The first-order valence-corrected chi connectivity index (χ1v) is 6.00. The molecule has 0 saturated heterocycles. The Hall–Kier alpha value is -2.02. The van der Waals surface area contributed by atoms with E-state index in [1.165, 1.54) is 31.2 Å². The molecule has 0 spiro atoms. The highest BCUT2D eigenvalue weighted by atomic mass is 19.3. The molecule has 0 aliphatic rings. The Labute approximate surface area is 115 Å². The molecule has 110 valence electrons. The highest BCUT2D eigenvalue weighted by Gasteiger charge is 2.17. The molecule has 7 heteroatoms. The van der Waals surface area contributed by atoms with Crippen LogP contribution in [0, 0.1) is 0 Å². The van der Waals surface area contributed by atoms with Crippen molar-refractivity contribution in [2.45, 2.75) is 13.3 Å². The standard InChI is InChI=1S/C13H16F2N2O3/c1-9(19)10-2-4-11(5-3-10)16-13(20)17(6-7-18)8-12(14)15/h2-5,12,18H,6-8H2,1H3,(H,16,20). The highest BCUT2D eigenvalue weighted by molar-refractivity contribution is 5.95. The fourth-order valence-corrected chi connectivity index (χ4v) is 1.55. The number of urea groups is 1. The summed E-state index contributed by atoms with van der Waals surface area (Å²) in [5.74, 6) is -0.109. The molecule has 5 nitrogen and oxygen atoms in total. The molecule has 1 aromatic carbocycles. The van der Waals surface area contributed by atoms with Gasteiger partial charge in [0.15, 0.2) is 5.78 Å². The zero-order valence-corrected chi connectivity index (χ0v) is 11.0. The molecule has 0 saturated carbocycles. The maximum absolute atomic E-state index is 12.3. The number of hydrogen-bond acceptors (Lipinski definition) is 3. The number of Topliss-reactive ketones (excluding diaryl/α,β-unsaturated/α-hetero) is 1. The lowest BCUT2D eigenvalue weighted by Crippen LogP contribution is -2.40. The summed E-state index contributed by atoms with van der Waals surface area (Å²) in [5, 5.41) is 11.2. The molecule has 0 aliphatic heterocycles. The van der Waals surface area contributed by atoms with Gasteiger partial charge < -0.3 is 15.3 Å². The number of amides is 2. The number of benzene rings is 1. The second-order valence-electron chi connectivity index (χ2n) is 4.12. The van der Waals surface area contributed by atoms with Crippen molar-refractivity contribution in [2.75, 3.05) is 25.0 Å². The zero-order chi connectivity index (χ0) is 15.1. The molecular weight excluding hydrogens is 270 g/mol. The number of aliphatic hydroxyl groups excluding tert-OH is 1. The van der Waals surface area contributed by atoms with Crippen molar-refractivity contribution >= 4 is 17.5 Å². The van der Waals surface area contributed by atoms with Crippen molar-refractivity contribution in [1.29, 1.82) is 0 Å². The number of rotatable bonds is 6. The second-order valence-corrected chi connectivity index (χ2v) is 4.12. The van der Waals surface area contributed by atoms with E-state index in [0.29, 0.717) is 11.3 Å². The first-order valence-electron chi connectivity index (χ1n) is 6.00. The Morgan fingerprint density at radius 3 is 2.35 bits per heavy atom. The number of carbonyl (C=O) groups excluding carboxylic acids is 2. The number of ketones is 1. The minimum Gasteiger partial charge on any atom is -0.395 e. The molecule has 0 bridgehead atoms. The monoisotopic (exact) mass is 286 g/mol. The highest BCUT2D eigenvalue weighted by Crippen LogP contribution is 2.11. The van der Waals surface area contributed by atoms with E-state index in [2.05, 4.69) is 5.32 Å². The minimum atomic E-state index is -2.67. The molecule has 0 heterocycles. The molecule has 1 rings (SSSR count). The number of hydrogen-bond donors (Lipinski definition) is 2. The number of nitrogens with zero attached hydrogens (tertiary/aromatic N) is 1. The lowest BCUT2D eigenvalue weighted by Gasteiger charge is -2.21. The third-order valence-corrected chi connectivity index (χ3v) is 2.56. The summed E-state index contributed by atoms with van der Waals surface area (Å²) in [4.78, 5) is 23.7. The summed E-state index contributed by atoms with van der Waals surface area (Å²) in [6.07, 6.45) is -2.67. The van der Waals surface area contributed by atoms with Crippen LogP contribution in [-0.2, 0) is 0 Å². The van der Waals surface area contributed by atoms with E-state index >= 15 is 0 Å². The van der Waals surface area contributed by atoms with Gasteiger partial charge in [0.1, 0.15) is 0 Å². The Kier molecular flexibility index (Phi) is 6.05. The lowest BCUT2D eigenvalue weighted by atomic mass is 10.1. The molecule has 0 aliphatic carbocycles. The molecule has 0 radical (unpaired) electrons. The Bertz CT molecular complexity index is 463. The molecule has 0 aromatic heterocycles.